The van der Waals surface area contributed by atoms with Gasteiger partial charge in [-0.3, -0.25) is 19.7 Å². The summed E-state index contributed by atoms with van der Waals surface area (Å²) in [6, 6.07) is 0.556. The van der Waals surface area contributed by atoms with Gasteiger partial charge in [-0.2, -0.15) is 0 Å². The molecule has 0 fully saturated rings. The Balaban J connectivity index is 2.96. The van der Waals surface area contributed by atoms with Gasteiger partial charge in [0.1, 0.15) is 5.56 Å². The molecule has 0 spiro atoms. The molecular weight excluding hydrogens is 254 g/mol. The molecule has 0 aliphatic rings. The van der Waals surface area contributed by atoms with E-state index in [-0.39, 0.29) is 29.8 Å². The van der Waals surface area contributed by atoms with Crippen LogP contribution in [0.3, 0.4) is 0 Å². The lowest BCUT2D eigenvalue weighted by atomic mass is 10.0. The van der Waals surface area contributed by atoms with Crippen LogP contribution in [0.1, 0.15) is 24.2 Å². The number of rotatable bonds is 5. The third-order valence-corrected chi connectivity index (χ3v) is 2.84. The first-order chi connectivity index (χ1) is 8.86. The van der Waals surface area contributed by atoms with Gasteiger partial charge in [0.25, 0.3) is 17.2 Å². The Bertz CT molecular complexity index is 539. The maximum Gasteiger partial charge on any atom is 0.286 e. The zero-order valence-electron chi connectivity index (χ0n) is 10.5. The summed E-state index contributed by atoms with van der Waals surface area (Å²) in [4.78, 5) is 35.3. The molecule has 8 nitrogen and oxygen atoms in total. The first kappa shape index (κ1) is 14.8. The van der Waals surface area contributed by atoms with Crippen LogP contribution >= 0.6 is 0 Å². The van der Waals surface area contributed by atoms with Gasteiger partial charge in [-0.1, -0.05) is 6.92 Å². The molecule has 0 bridgehead atoms. The molecule has 1 rings (SSSR count). The van der Waals surface area contributed by atoms with Crippen LogP contribution in [0.5, 0.6) is 0 Å². The average molecular weight is 269 g/mol. The second kappa shape index (κ2) is 6.10. The lowest BCUT2D eigenvalue weighted by Crippen LogP contribution is -2.40. The minimum Gasteiger partial charge on any atom is -0.396 e. The largest absolute Gasteiger partial charge is 0.396 e. The summed E-state index contributed by atoms with van der Waals surface area (Å²) in [6.45, 7) is 3.28. The number of H-pyrrole nitrogens is 1. The fraction of sp³-hybridized carbons (Fsp3) is 0.455. The number of carbonyl (C=O) groups is 1. The maximum absolute atomic E-state index is 11.8. The van der Waals surface area contributed by atoms with Crippen molar-refractivity contribution in [3.05, 3.63) is 38.3 Å². The van der Waals surface area contributed by atoms with Gasteiger partial charge in [0, 0.05) is 18.7 Å². The molecule has 0 aliphatic heterocycles. The lowest BCUT2D eigenvalue weighted by Gasteiger charge is -2.18. The van der Waals surface area contributed by atoms with Gasteiger partial charge < -0.3 is 15.4 Å². The SMILES string of the molecule is CC(CO)C(C)NC(=O)c1cc([N+](=O)[O-])c[nH]c1=O. The van der Waals surface area contributed by atoms with Gasteiger partial charge in [-0.25, -0.2) is 0 Å². The van der Waals surface area contributed by atoms with Crippen molar-refractivity contribution in [2.45, 2.75) is 19.9 Å². The van der Waals surface area contributed by atoms with E-state index in [2.05, 4.69) is 10.3 Å². The molecule has 3 N–H and O–H groups in total. The molecular formula is C11H15N3O5. The van der Waals surface area contributed by atoms with Gasteiger partial charge >= 0.3 is 0 Å². The number of nitrogens with one attached hydrogen (secondary N) is 2. The Kier molecular flexibility index (Phi) is 4.76. The fourth-order valence-corrected chi connectivity index (χ4v) is 1.33. The lowest BCUT2D eigenvalue weighted by molar-refractivity contribution is -0.385. The highest BCUT2D eigenvalue weighted by Gasteiger charge is 2.19. The first-order valence-corrected chi connectivity index (χ1v) is 5.65. The van der Waals surface area contributed by atoms with Gasteiger partial charge in [-0.15, -0.1) is 0 Å². The van der Waals surface area contributed by atoms with Crippen molar-refractivity contribution < 1.29 is 14.8 Å². The molecule has 1 aromatic heterocycles. The van der Waals surface area contributed by atoms with Crippen LogP contribution in [-0.2, 0) is 0 Å². The topological polar surface area (TPSA) is 125 Å². The zero-order chi connectivity index (χ0) is 14.6. The molecule has 1 aromatic rings. The van der Waals surface area contributed by atoms with E-state index >= 15 is 0 Å². The van der Waals surface area contributed by atoms with Gasteiger partial charge in [0.2, 0.25) is 0 Å². The fourth-order valence-electron chi connectivity index (χ4n) is 1.33. The predicted molar refractivity (Wildman–Crippen MR) is 66.9 cm³/mol. The van der Waals surface area contributed by atoms with Crippen LogP contribution in [0.25, 0.3) is 0 Å². The Morgan fingerprint density at radius 1 is 1.58 bits per heavy atom. The molecule has 2 atom stereocenters. The summed E-state index contributed by atoms with van der Waals surface area (Å²) in [5.74, 6) is -0.903. The van der Waals surface area contributed by atoms with Crippen molar-refractivity contribution >= 4 is 11.6 Å². The zero-order valence-corrected chi connectivity index (χ0v) is 10.5. The number of hydrogen-bond donors (Lipinski definition) is 3. The number of aliphatic hydroxyl groups excluding tert-OH is 1. The van der Waals surface area contributed by atoms with Gasteiger partial charge in [0.05, 0.1) is 11.1 Å². The molecule has 104 valence electrons. The summed E-state index contributed by atoms with van der Waals surface area (Å²) in [7, 11) is 0. The number of pyridine rings is 1. The summed E-state index contributed by atoms with van der Waals surface area (Å²) < 4.78 is 0. The Morgan fingerprint density at radius 3 is 2.74 bits per heavy atom. The maximum atomic E-state index is 11.8. The van der Waals surface area contributed by atoms with E-state index in [9.17, 15) is 19.7 Å². The summed E-state index contributed by atoms with van der Waals surface area (Å²) >= 11 is 0. The second-order valence-corrected chi connectivity index (χ2v) is 4.28. The van der Waals surface area contributed by atoms with Crippen molar-refractivity contribution in [1.29, 1.82) is 0 Å². The Labute approximate surface area is 108 Å². The number of amides is 1. The van der Waals surface area contributed by atoms with E-state index in [4.69, 9.17) is 5.11 Å². The second-order valence-electron chi connectivity index (χ2n) is 4.28. The van der Waals surface area contributed by atoms with Crippen molar-refractivity contribution in [2.75, 3.05) is 6.61 Å². The highest BCUT2D eigenvalue weighted by atomic mass is 16.6. The summed E-state index contributed by atoms with van der Waals surface area (Å²) in [5, 5.41) is 22.0. The number of carbonyl (C=O) groups excluding carboxylic acids is 1. The van der Waals surface area contributed by atoms with Crippen LogP contribution in [-0.4, -0.2) is 33.6 Å². The highest BCUT2D eigenvalue weighted by molar-refractivity contribution is 5.94. The molecule has 0 aliphatic carbocycles. The molecule has 0 saturated heterocycles. The minimum absolute atomic E-state index is 0.118. The van der Waals surface area contributed by atoms with Crippen molar-refractivity contribution in [3.8, 4) is 0 Å². The molecule has 19 heavy (non-hydrogen) atoms. The smallest absolute Gasteiger partial charge is 0.286 e. The molecule has 1 heterocycles. The number of nitro groups is 1. The Hall–Kier alpha value is -2.22. The normalized spacial score (nSPS) is 13.6. The highest BCUT2D eigenvalue weighted by Crippen LogP contribution is 2.09. The van der Waals surface area contributed by atoms with E-state index in [1.165, 1.54) is 0 Å². The standard InChI is InChI=1S/C11H15N3O5/c1-6(5-15)7(2)13-11(17)9-3-8(14(18)19)4-12-10(9)16/h3-4,6-7,15H,5H2,1-2H3,(H,12,16)(H,13,17). The van der Waals surface area contributed by atoms with Crippen LogP contribution in [0.15, 0.2) is 17.1 Å². The predicted octanol–water partition coefficient (Wildman–Crippen LogP) is 0.0298. The van der Waals surface area contributed by atoms with Crippen LogP contribution in [0.2, 0.25) is 0 Å². The Morgan fingerprint density at radius 2 is 2.21 bits per heavy atom. The molecule has 0 radical (unpaired) electrons. The number of nitrogens with zero attached hydrogens (tertiary/aromatic N) is 1. The molecule has 1 amide bonds. The van der Waals surface area contributed by atoms with Gasteiger partial charge in [0.15, 0.2) is 0 Å². The summed E-state index contributed by atoms with van der Waals surface area (Å²) in [6.07, 6.45) is 0.929. The number of aliphatic hydroxyl groups is 1. The van der Waals surface area contributed by atoms with E-state index in [1.54, 1.807) is 13.8 Å². The number of aromatic amines is 1. The third kappa shape index (κ3) is 3.62. The van der Waals surface area contributed by atoms with E-state index < -0.39 is 16.4 Å². The average Bonchev–Trinajstić information content (AvgIpc) is 2.37. The van der Waals surface area contributed by atoms with E-state index in [0.29, 0.717) is 0 Å². The van der Waals surface area contributed by atoms with Gasteiger partial charge in [-0.05, 0) is 12.8 Å². The van der Waals surface area contributed by atoms with Crippen LogP contribution in [0.4, 0.5) is 5.69 Å². The van der Waals surface area contributed by atoms with Crippen LogP contribution in [0, 0.1) is 16.0 Å². The molecule has 0 aromatic carbocycles. The van der Waals surface area contributed by atoms with E-state index in [0.717, 1.165) is 12.3 Å². The third-order valence-electron chi connectivity index (χ3n) is 2.84. The minimum atomic E-state index is -0.710. The quantitative estimate of drug-likeness (QED) is 0.513. The van der Waals surface area contributed by atoms with Crippen molar-refractivity contribution in [2.24, 2.45) is 5.92 Å². The van der Waals surface area contributed by atoms with Crippen molar-refractivity contribution in [3.63, 3.8) is 0 Å². The summed E-state index contributed by atoms with van der Waals surface area (Å²) in [5.41, 5.74) is -1.40. The number of aromatic nitrogens is 1. The van der Waals surface area contributed by atoms with Crippen LogP contribution < -0.4 is 10.9 Å². The number of hydrogen-bond acceptors (Lipinski definition) is 5. The molecule has 0 saturated carbocycles. The molecule has 8 heteroatoms. The van der Waals surface area contributed by atoms with E-state index in [1.807, 2.05) is 0 Å². The molecule has 2 unspecified atom stereocenters. The first-order valence-electron chi connectivity index (χ1n) is 5.65. The van der Waals surface area contributed by atoms with Crippen molar-refractivity contribution in [1.82, 2.24) is 10.3 Å². The monoisotopic (exact) mass is 269 g/mol.